The average molecular weight is 237 g/mol. The van der Waals surface area contributed by atoms with Crippen molar-refractivity contribution < 1.29 is 18.6 Å². The maximum Gasteiger partial charge on any atom is 0.296 e. The van der Waals surface area contributed by atoms with Crippen LogP contribution in [0.4, 0.5) is 8.78 Å². The molecule has 1 aromatic rings. The van der Waals surface area contributed by atoms with Gasteiger partial charge in [-0.05, 0) is 24.6 Å². The summed E-state index contributed by atoms with van der Waals surface area (Å²) >= 11 is 5.72. The highest BCUT2D eigenvalue weighted by atomic mass is 35.5. The lowest BCUT2D eigenvalue weighted by molar-refractivity contribution is -0.0561. The van der Waals surface area contributed by atoms with Gasteiger partial charge in [-0.1, -0.05) is 11.6 Å². The van der Waals surface area contributed by atoms with E-state index in [-0.39, 0.29) is 10.6 Å². The first-order chi connectivity index (χ1) is 6.92. The third-order valence-corrected chi connectivity index (χ3v) is 2.39. The molecule has 0 spiro atoms. The van der Waals surface area contributed by atoms with Gasteiger partial charge < -0.3 is 9.84 Å². The number of aliphatic hydroxyl groups is 1. The van der Waals surface area contributed by atoms with E-state index in [9.17, 15) is 8.78 Å². The Morgan fingerprint density at radius 2 is 2.07 bits per heavy atom. The molecule has 0 fully saturated rings. The first-order valence-corrected chi connectivity index (χ1v) is 4.63. The fourth-order valence-electron chi connectivity index (χ4n) is 1.29. The Hall–Kier alpha value is -0.870. The topological polar surface area (TPSA) is 29.5 Å². The Kier molecular flexibility index (Phi) is 3.52. The van der Waals surface area contributed by atoms with Gasteiger partial charge in [0.25, 0.3) is 5.92 Å². The molecule has 0 amide bonds. The minimum absolute atomic E-state index is 0.103. The smallest absolute Gasteiger partial charge is 0.296 e. The van der Waals surface area contributed by atoms with Crippen LogP contribution < -0.4 is 4.74 Å². The third kappa shape index (κ3) is 2.38. The fourth-order valence-corrected chi connectivity index (χ4v) is 1.53. The Labute approximate surface area is 91.4 Å². The van der Waals surface area contributed by atoms with E-state index in [1.807, 2.05) is 0 Å². The van der Waals surface area contributed by atoms with E-state index in [1.54, 1.807) is 0 Å². The number of ether oxygens (including phenoxy) is 1. The van der Waals surface area contributed by atoms with Crippen LogP contribution in [-0.4, -0.2) is 18.8 Å². The zero-order valence-corrected chi connectivity index (χ0v) is 9.11. The van der Waals surface area contributed by atoms with Crippen LogP contribution in [0.3, 0.4) is 0 Å². The highest BCUT2D eigenvalue weighted by molar-refractivity contribution is 6.32. The van der Waals surface area contributed by atoms with Crippen molar-refractivity contribution in [3.63, 3.8) is 0 Å². The summed E-state index contributed by atoms with van der Waals surface area (Å²) in [4.78, 5) is 0. The van der Waals surface area contributed by atoms with Crippen molar-refractivity contribution in [1.29, 1.82) is 0 Å². The van der Waals surface area contributed by atoms with E-state index in [2.05, 4.69) is 0 Å². The van der Waals surface area contributed by atoms with Gasteiger partial charge in [0.15, 0.2) is 0 Å². The van der Waals surface area contributed by atoms with Gasteiger partial charge in [0.1, 0.15) is 12.4 Å². The van der Waals surface area contributed by atoms with Crippen molar-refractivity contribution in [2.45, 2.75) is 12.8 Å². The summed E-state index contributed by atoms with van der Waals surface area (Å²) in [6, 6.07) is 2.53. The molecule has 0 saturated heterocycles. The Morgan fingerprint density at radius 1 is 1.47 bits per heavy atom. The zero-order chi connectivity index (χ0) is 11.6. The van der Waals surface area contributed by atoms with Gasteiger partial charge in [0.05, 0.1) is 12.1 Å². The second-order valence-electron chi connectivity index (χ2n) is 3.16. The monoisotopic (exact) mass is 236 g/mol. The number of halogens is 3. The number of methoxy groups -OCH3 is 1. The predicted octanol–water partition coefficient (Wildman–Crippen LogP) is 2.74. The molecular formula is C10H11ClF2O2. The molecule has 1 aromatic carbocycles. The van der Waals surface area contributed by atoms with Gasteiger partial charge >= 0.3 is 0 Å². The summed E-state index contributed by atoms with van der Waals surface area (Å²) in [5.74, 6) is -2.94. The lowest BCUT2D eigenvalue weighted by Gasteiger charge is -2.17. The molecule has 1 N–H and O–H groups in total. The fraction of sp³-hybridized carbons (Fsp3) is 0.400. The largest absolute Gasteiger partial charge is 0.495 e. The standard InChI is InChI=1S/C10H11ClF2O2/c1-6-3-9(15-2)8(11)4-7(6)10(12,13)5-14/h3-4,14H,5H2,1-2H3. The first kappa shape index (κ1) is 12.2. The molecular weight excluding hydrogens is 226 g/mol. The first-order valence-electron chi connectivity index (χ1n) is 4.25. The third-order valence-electron chi connectivity index (χ3n) is 2.09. The highest BCUT2D eigenvalue weighted by Crippen LogP contribution is 2.36. The Balaban J connectivity index is 3.28. The van der Waals surface area contributed by atoms with Crippen LogP contribution >= 0.6 is 11.6 Å². The molecule has 0 aliphatic heterocycles. The quantitative estimate of drug-likeness (QED) is 0.875. The molecule has 0 aromatic heterocycles. The molecule has 0 atom stereocenters. The molecule has 0 saturated carbocycles. The number of rotatable bonds is 3. The van der Waals surface area contributed by atoms with Crippen LogP contribution in [0.5, 0.6) is 5.75 Å². The number of benzene rings is 1. The molecule has 15 heavy (non-hydrogen) atoms. The van der Waals surface area contributed by atoms with Crippen molar-refractivity contribution in [3.8, 4) is 5.75 Å². The van der Waals surface area contributed by atoms with Gasteiger partial charge in [-0.25, -0.2) is 0 Å². The van der Waals surface area contributed by atoms with Crippen molar-refractivity contribution in [1.82, 2.24) is 0 Å². The van der Waals surface area contributed by atoms with Crippen LogP contribution in [-0.2, 0) is 5.92 Å². The van der Waals surface area contributed by atoms with Crippen LogP contribution in [0.2, 0.25) is 5.02 Å². The summed E-state index contributed by atoms with van der Waals surface area (Å²) in [5.41, 5.74) is 0.0473. The van der Waals surface area contributed by atoms with E-state index in [0.717, 1.165) is 6.07 Å². The molecule has 0 aliphatic rings. The normalized spacial score (nSPS) is 11.6. The van der Waals surface area contributed by atoms with Crippen LogP contribution in [0.15, 0.2) is 12.1 Å². The van der Waals surface area contributed by atoms with Crippen LogP contribution in [0.1, 0.15) is 11.1 Å². The maximum absolute atomic E-state index is 13.2. The van der Waals surface area contributed by atoms with Crippen molar-refractivity contribution >= 4 is 11.6 Å². The lowest BCUT2D eigenvalue weighted by Crippen LogP contribution is -2.19. The number of alkyl halides is 2. The molecule has 2 nitrogen and oxygen atoms in total. The Morgan fingerprint density at radius 3 is 2.53 bits per heavy atom. The number of aliphatic hydroxyl groups excluding tert-OH is 1. The molecule has 1 rings (SSSR count). The van der Waals surface area contributed by atoms with E-state index in [4.69, 9.17) is 21.4 Å². The SMILES string of the molecule is COc1cc(C)c(C(F)(F)CO)cc1Cl. The minimum Gasteiger partial charge on any atom is -0.495 e. The molecule has 0 unspecified atom stereocenters. The molecule has 0 radical (unpaired) electrons. The molecule has 5 heteroatoms. The van der Waals surface area contributed by atoms with Crippen molar-refractivity contribution in [2.24, 2.45) is 0 Å². The minimum atomic E-state index is -3.28. The summed E-state index contributed by atoms with van der Waals surface area (Å²) in [7, 11) is 1.41. The second-order valence-corrected chi connectivity index (χ2v) is 3.57. The van der Waals surface area contributed by atoms with E-state index < -0.39 is 12.5 Å². The number of aryl methyl sites for hydroxylation is 1. The van der Waals surface area contributed by atoms with E-state index >= 15 is 0 Å². The van der Waals surface area contributed by atoms with Gasteiger partial charge in [0.2, 0.25) is 0 Å². The molecule has 0 bridgehead atoms. The maximum atomic E-state index is 13.2. The van der Waals surface area contributed by atoms with Crippen LogP contribution in [0.25, 0.3) is 0 Å². The molecule has 0 heterocycles. The van der Waals surface area contributed by atoms with Gasteiger partial charge in [0, 0.05) is 5.56 Å². The summed E-state index contributed by atoms with van der Waals surface area (Å²) in [5, 5.41) is 8.67. The summed E-state index contributed by atoms with van der Waals surface area (Å²) in [6.07, 6.45) is 0. The van der Waals surface area contributed by atoms with Crippen molar-refractivity contribution in [3.05, 3.63) is 28.3 Å². The lowest BCUT2D eigenvalue weighted by atomic mass is 10.0. The predicted molar refractivity (Wildman–Crippen MR) is 53.7 cm³/mol. The van der Waals surface area contributed by atoms with Gasteiger partial charge in [-0.3, -0.25) is 0 Å². The van der Waals surface area contributed by atoms with E-state index in [1.165, 1.54) is 20.1 Å². The van der Waals surface area contributed by atoms with Crippen LogP contribution in [0, 0.1) is 6.92 Å². The van der Waals surface area contributed by atoms with Crippen molar-refractivity contribution in [2.75, 3.05) is 13.7 Å². The zero-order valence-electron chi connectivity index (χ0n) is 8.35. The highest BCUT2D eigenvalue weighted by Gasteiger charge is 2.32. The van der Waals surface area contributed by atoms with Gasteiger partial charge in [-0.15, -0.1) is 0 Å². The number of hydrogen-bond acceptors (Lipinski definition) is 2. The van der Waals surface area contributed by atoms with E-state index in [0.29, 0.717) is 11.3 Å². The summed E-state index contributed by atoms with van der Waals surface area (Å²) in [6.45, 7) is 0.272. The summed E-state index contributed by atoms with van der Waals surface area (Å²) < 4.78 is 31.3. The number of hydrogen-bond donors (Lipinski definition) is 1. The average Bonchev–Trinajstić information content (AvgIpc) is 2.20. The van der Waals surface area contributed by atoms with Gasteiger partial charge in [-0.2, -0.15) is 8.78 Å². The molecule has 0 aliphatic carbocycles. The second kappa shape index (κ2) is 4.33. The molecule has 84 valence electrons. The Bertz CT molecular complexity index is 367.